The molecule has 102 valence electrons. The van der Waals surface area contributed by atoms with Crippen molar-refractivity contribution in [2.75, 3.05) is 5.33 Å². The molecule has 0 aliphatic heterocycles. The molecule has 17 heavy (non-hydrogen) atoms. The average molecular weight is 306 g/mol. The number of hydrogen-bond acceptors (Lipinski definition) is 1. The van der Waals surface area contributed by atoms with E-state index in [1.54, 1.807) is 0 Å². The number of carbonyl (C=O) groups excluding carboxylic acids is 1. The van der Waals surface area contributed by atoms with Gasteiger partial charge in [0, 0.05) is 17.8 Å². The highest BCUT2D eigenvalue weighted by Crippen LogP contribution is 2.07. The minimum Gasteiger partial charge on any atom is -0.353 e. The molecule has 0 aromatic carbocycles. The van der Waals surface area contributed by atoms with E-state index in [2.05, 4.69) is 35.1 Å². The van der Waals surface area contributed by atoms with Gasteiger partial charge in [-0.1, -0.05) is 61.9 Å². The highest BCUT2D eigenvalue weighted by Gasteiger charge is 2.08. The van der Waals surface area contributed by atoms with Crippen LogP contribution in [-0.4, -0.2) is 17.3 Å². The van der Waals surface area contributed by atoms with Crippen molar-refractivity contribution in [2.45, 2.75) is 77.7 Å². The Morgan fingerprint density at radius 1 is 1.12 bits per heavy atom. The van der Waals surface area contributed by atoms with Crippen molar-refractivity contribution in [3.63, 3.8) is 0 Å². The van der Waals surface area contributed by atoms with Crippen LogP contribution in [0.1, 0.15) is 71.6 Å². The van der Waals surface area contributed by atoms with E-state index < -0.39 is 0 Å². The zero-order chi connectivity index (χ0) is 12.9. The highest BCUT2D eigenvalue weighted by molar-refractivity contribution is 9.09. The lowest BCUT2D eigenvalue weighted by Crippen LogP contribution is -2.34. The Kier molecular flexibility index (Phi) is 12.4. The van der Waals surface area contributed by atoms with Crippen LogP contribution in [0.4, 0.5) is 0 Å². The van der Waals surface area contributed by atoms with Gasteiger partial charge >= 0.3 is 0 Å². The lowest BCUT2D eigenvalue weighted by Gasteiger charge is -2.15. The van der Waals surface area contributed by atoms with Gasteiger partial charge in [0.1, 0.15) is 0 Å². The maximum Gasteiger partial charge on any atom is 0.220 e. The Balaban J connectivity index is 3.44. The molecule has 0 aromatic heterocycles. The molecule has 0 bridgehead atoms. The first kappa shape index (κ1) is 16.9. The van der Waals surface area contributed by atoms with E-state index in [1.165, 1.54) is 32.1 Å². The van der Waals surface area contributed by atoms with E-state index in [-0.39, 0.29) is 5.91 Å². The molecule has 0 saturated heterocycles. The Morgan fingerprint density at radius 2 is 1.76 bits per heavy atom. The van der Waals surface area contributed by atoms with Gasteiger partial charge in [-0.25, -0.2) is 0 Å². The standard InChI is InChI=1S/C14H28BrNO/c1-3-5-6-7-8-9-10-14(17)16-13(4-2)11-12-15/h13H,3-12H2,1-2H3,(H,16,17). The van der Waals surface area contributed by atoms with Crippen LogP contribution in [0, 0.1) is 0 Å². The molecule has 0 spiro atoms. The van der Waals surface area contributed by atoms with Gasteiger partial charge in [0.2, 0.25) is 5.91 Å². The van der Waals surface area contributed by atoms with E-state index >= 15 is 0 Å². The van der Waals surface area contributed by atoms with Crippen LogP contribution in [-0.2, 0) is 4.79 Å². The molecule has 0 fully saturated rings. The number of halogens is 1. The summed E-state index contributed by atoms with van der Waals surface area (Å²) >= 11 is 3.42. The van der Waals surface area contributed by atoms with Crippen molar-refractivity contribution >= 4 is 21.8 Å². The quantitative estimate of drug-likeness (QED) is 0.444. The Morgan fingerprint density at radius 3 is 2.35 bits per heavy atom. The summed E-state index contributed by atoms with van der Waals surface area (Å²) in [5.41, 5.74) is 0. The summed E-state index contributed by atoms with van der Waals surface area (Å²) in [6, 6.07) is 0.349. The van der Waals surface area contributed by atoms with Gasteiger partial charge in [0.25, 0.3) is 0 Å². The Labute approximate surface area is 115 Å². The molecule has 0 rings (SSSR count). The third-order valence-corrected chi connectivity index (χ3v) is 3.53. The maximum absolute atomic E-state index is 11.6. The second kappa shape index (κ2) is 12.4. The predicted octanol–water partition coefficient (Wildman–Crippen LogP) is 4.42. The number of amides is 1. The van der Waals surface area contributed by atoms with Crippen molar-refractivity contribution in [1.82, 2.24) is 5.32 Å². The fourth-order valence-electron chi connectivity index (χ4n) is 1.88. The van der Waals surface area contributed by atoms with Gasteiger partial charge in [0.05, 0.1) is 0 Å². The molecule has 0 saturated carbocycles. The third-order valence-electron chi connectivity index (χ3n) is 3.07. The average Bonchev–Trinajstić information content (AvgIpc) is 2.33. The van der Waals surface area contributed by atoms with E-state index in [4.69, 9.17) is 0 Å². The molecule has 0 aliphatic rings. The monoisotopic (exact) mass is 305 g/mol. The molecular formula is C14H28BrNO. The summed E-state index contributed by atoms with van der Waals surface area (Å²) in [5.74, 6) is 0.230. The van der Waals surface area contributed by atoms with E-state index in [0.29, 0.717) is 12.5 Å². The molecule has 2 nitrogen and oxygen atoms in total. The SMILES string of the molecule is CCCCCCCCC(=O)NC(CC)CCBr. The fourth-order valence-corrected chi connectivity index (χ4v) is 2.43. The van der Waals surface area contributed by atoms with Gasteiger partial charge < -0.3 is 5.32 Å². The van der Waals surface area contributed by atoms with Crippen LogP contribution in [0.3, 0.4) is 0 Å². The number of alkyl halides is 1. The van der Waals surface area contributed by atoms with Crippen LogP contribution in [0.15, 0.2) is 0 Å². The molecule has 0 heterocycles. The van der Waals surface area contributed by atoms with E-state index in [1.807, 2.05) is 0 Å². The summed E-state index contributed by atoms with van der Waals surface area (Å²) in [4.78, 5) is 11.6. The largest absolute Gasteiger partial charge is 0.353 e. The number of nitrogens with one attached hydrogen (secondary N) is 1. The number of carbonyl (C=O) groups is 1. The second-order valence-corrected chi connectivity index (χ2v) is 5.46. The van der Waals surface area contributed by atoms with Crippen LogP contribution < -0.4 is 5.32 Å². The lowest BCUT2D eigenvalue weighted by molar-refractivity contribution is -0.121. The molecule has 1 N–H and O–H groups in total. The molecule has 1 atom stereocenters. The third kappa shape index (κ3) is 10.8. The number of rotatable bonds is 11. The molecule has 1 amide bonds. The van der Waals surface area contributed by atoms with E-state index in [9.17, 15) is 4.79 Å². The van der Waals surface area contributed by atoms with Crippen molar-refractivity contribution in [3.05, 3.63) is 0 Å². The zero-order valence-corrected chi connectivity index (χ0v) is 13.0. The van der Waals surface area contributed by atoms with Gasteiger partial charge in [-0.05, 0) is 19.3 Å². The summed E-state index contributed by atoms with van der Waals surface area (Å²) in [7, 11) is 0. The van der Waals surface area contributed by atoms with Gasteiger partial charge in [-0.3, -0.25) is 4.79 Å². The molecule has 0 aliphatic carbocycles. The van der Waals surface area contributed by atoms with Gasteiger partial charge in [0.15, 0.2) is 0 Å². The van der Waals surface area contributed by atoms with Crippen molar-refractivity contribution in [1.29, 1.82) is 0 Å². The highest BCUT2D eigenvalue weighted by atomic mass is 79.9. The Hall–Kier alpha value is -0.0500. The first-order valence-corrected chi connectivity index (χ1v) is 8.22. The van der Waals surface area contributed by atoms with Crippen molar-refractivity contribution < 1.29 is 4.79 Å². The van der Waals surface area contributed by atoms with Gasteiger partial charge in [-0.15, -0.1) is 0 Å². The topological polar surface area (TPSA) is 29.1 Å². The second-order valence-electron chi connectivity index (χ2n) is 4.67. The molecule has 0 radical (unpaired) electrons. The normalized spacial score (nSPS) is 12.4. The van der Waals surface area contributed by atoms with Crippen LogP contribution >= 0.6 is 15.9 Å². The maximum atomic E-state index is 11.6. The number of hydrogen-bond donors (Lipinski definition) is 1. The van der Waals surface area contributed by atoms with Crippen molar-refractivity contribution in [3.8, 4) is 0 Å². The Bertz CT molecular complexity index is 185. The summed E-state index contributed by atoms with van der Waals surface area (Å²) in [6.07, 6.45) is 10.2. The molecule has 1 unspecified atom stereocenters. The van der Waals surface area contributed by atoms with Gasteiger partial charge in [-0.2, -0.15) is 0 Å². The summed E-state index contributed by atoms with van der Waals surface area (Å²) in [6.45, 7) is 4.35. The summed E-state index contributed by atoms with van der Waals surface area (Å²) < 4.78 is 0. The van der Waals surface area contributed by atoms with Crippen molar-refractivity contribution in [2.24, 2.45) is 0 Å². The molecular weight excluding hydrogens is 278 g/mol. The minimum atomic E-state index is 0.230. The molecule has 3 heteroatoms. The zero-order valence-electron chi connectivity index (χ0n) is 11.4. The smallest absolute Gasteiger partial charge is 0.220 e. The van der Waals surface area contributed by atoms with Crippen LogP contribution in [0.5, 0.6) is 0 Å². The number of unbranched alkanes of at least 4 members (excludes halogenated alkanes) is 5. The minimum absolute atomic E-state index is 0.230. The first-order valence-electron chi connectivity index (χ1n) is 7.09. The van der Waals surface area contributed by atoms with E-state index in [0.717, 1.165) is 24.6 Å². The lowest BCUT2D eigenvalue weighted by atomic mass is 10.1. The first-order chi connectivity index (χ1) is 8.24. The summed E-state index contributed by atoms with van der Waals surface area (Å²) in [5, 5.41) is 4.06. The van der Waals surface area contributed by atoms with Crippen LogP contribution in [0.25, 0.3) is 0 Å². The van der Waals surface area contributed by atoms with Crippen LogP contribution in [0.2, 0.25) is 0 Å². The fraction of sp³-hybridized carbons (Fsp3) is 0.929. The predicted molar refractivity (Wildman–Crippen MR) is 78.6 cm³/mol. The molecule has 0 aromatic rings.